The fraction of sp³-hybridized carbons (Fsp3) is 0.238. The lowest BCUT2D eigenvalue weighted by atomic mass is 10.1. The van der Waals surface area contributed by atoms with Crippen LogP contribution in [-0.2, 0) is 14.6 Å². The standard InChI is InChI=1S/C21H20N2O4S2/c1-29(25,26)17-9-7-16(8-10-17)19(24)20-18(15-5-3-2-4-6-15)22-21(28-20)23-11-13-27-14-12-23/h2-10H,11-14H2,1H3. The lowest BCUT2D eigenvalue weighted by Gasteiger charge is -2.26. The summed E-state index contributed by atoms with van der Waals surface area (Å²) in [7, 11) is -3.31. The zero-order chi connectivity index (χ0) is 20.4. The molecule has 29 heavy (non-hydrogen) atoms. The average Bonchev–Trinajstić information content (AvgIpc) is 3.19. The Morgan fingerprint density at radius 1 is 1.03 bits per heavy atom. The first kappa shape index (κ1) is 19.8. The van der Waals surface area contributed by atoms with Crippen LogP contribution in [0.25, 0.3) is 11.3 Å². The third kappa shape index (κ3) is 4.24. The largest absolute Gasteiger partial charge is 0.378 e. The van der Waals surface area contributed by atoms with Gasteiger partial charge in [-0.05, 0) is 24.3 Å². The second-order valence-corrected chi connectivity index (χ2v) is 9.76. The Balaban J connectivity index is 1.74. The maximum atomic E-state index is 13.3. The fourth-order valence-corrected chi connectivity index (χ4v) is 4.86. The second-order valence-electron chi connectivity index (χ2n) is 6.77. The first-order chi connectivity index (χ1) is 13.9. The van der Waals surface area contributed by atoms with Crippen LogP contribution in [0.4, 0.5) is 5.13 Å². The molecule has 0 amide bonds. The van der Waals surface area contributed by atoms with Crippen LogP contribution in [-0.4, -0.2) is 51.7 Å². The first-order valence-corrected chi connectivity index (χ1v) is 11.9. The summed E-state index contributed by atoms with van der Waals surface area (Å²) in [6.45, 7) is 2.74. The topological polar surface area (TPSA) is 76.6 Å². The van der Waals surface area contributed by atoms with Crippen LogP contribution >= 0.6 is 11.3 Å². The molecule has 6 nitrogen and oxygen atoms in total. The van der Waals surface area contributed by atoms with Crippen molar-refractivity contribution in [1.29, 1.82) is 0 Å². The minimum absolute atomic E-state index is 0.166. The van der Waals surface area contributed by atoms with Crippen molar-refractivity contribution in [2.45, 2.75) is 4.90 Å². The minimum Gasteiger partial charge on any atom is -0.378 e. The van der Waals surface area contributed by atoms with E-state index < -0.39 is 9.84 Å². The number of anilines is 1. The van der Waals surface area contributed by atoms with Gasteiger partial charge in [-0.15, -0.1) is 0 Å². The van der Waals surface area contributed by atoms with Crippen LogP contribution in [0.5, 0.6) is 0 Å². The summed E-state index contributed by atoms with van der Waals surface area (Å²) in [4.78, 5) is 20.9. The molecular weight excluding hydrogens is 408 g/mol. The summed E-state index contributed by atoms with van der Waals surface area (Å²) in [6.07, 6.45) is 1.15. The van der Waals surface area contributed by atoms with Crippen molar-refractivity contribution in [3.63, 3.8) is 0 Å². The Bertz CT molecular complexity index is 1120. The van der Waals surface area contributed by atoms with Crippen molar-refractivity contribution in [2.75, 3.05) is 37.5 Å². The van der Waals surface area contributed by atoms with E-state index in [2.05, 4.69) is 4.90 Å². The molecule has 1 saturated heterocycles. The van der Waals surface area contributed by atoms with Crippen molar-refractivity contribution < 1.29 is 17.9 Å². The number of sulfone groups is 1. The van der Waals surface area contributed by atoms with E-state index in [9.17, 15) is 13.2 Å². The third-order valence-electron chi connectivity index (χ3n) is 4.70. The molecule has 1 aromatic heterocycles. The van der Waals surface area contributed by atoms with Gasteiger partial charge in [-0.25, -0.2) is 13.4 Å². The number of ketones is 1. The van der Waals surface area contributed by atoms with Gasteiger partial charge in [0.1, 0.15) is 4.88 Å². The molecule has 1 aliphatic rings. The van der Waals surface area contributed by atoms with Gasteiger partial charge < -0.3 is 9.64 Å². The summed E-state index contributed by atoms with van der Waals surface area (Å²) in [5, 5.41) is 0.795. The van der Waals surface area contributed by atoms with E-state index in [-0.39, 0.29) is 10.7 Å². The zero-order valence-electron chi connectivity index (χ0n) is 15.9. The Kier molecular flexibility index (Phi) is 5.49. The van der Waals surface area contributed by atoms with Crippen LogP contribution < -0.4 is 4.90 Å². The summed E-state index contributed by atoms with van der Waals surface area (Å²) in [6, 6.07) is 15.7. The molecule has 2 aromatic carbocycles. The molecule has 0 spiro atoms. The number of ether oxygens (including phenoxy) is 1. The van der Waals surface area contributed by atoms with E-state index in [0.717, 1.165) is 30.0 Å². The molecule has 0 aliphatic carbocycles. The van der Waals surface area contributed by atoms with Gasteiger partial charge in [-0.1, -0.05) is 41.7 Å². The summed E-state index contributed by atoms with van der Waals surface area (Å²) < 4.78 is 28.8. The summed E-state index contributed by atoms with van der Waals surface area (Å²) in [5.74, 6) is -0.166. The molecular formula is C21H20N2O4S2. The van der Waals surface area contributed by atoms with Crippen LogP contribution in [0.2, 0.25) is 0 Å². The van der Waals surface area contributed by atoms with E-state index in [1.807, 2.05) is 30.3 Å². The molecule has 1 fully saturated rings. The average molecular weight is 429 g/mol. The number of nitrogens with zero attached hydrogens (tertiary/aromatic N) is 2. The Hall–Kier alpha value is -2.55. The molecule has 0 unspecified atom stereocenters. The summed E-state index contributed by atoms with van der Waals surface area (Å²) >= 11 is 1.37. The highest BCUT2D eigenvalue weighted by atomic mass is 32.2. The number of benzene rings is 2. The molecule has 2 heterocycles. The number of carbonyl (C=O) groups is 1. The maximum absolute atomic E-state index is 13.3. The van der Waals surface area contributed by atoms with Crippen molar-refractivity contribution in [3.8, 4) is 11.3 Å². The Morgan fingerprint density at radius 3 is 2.31 bits per heavy atom. The lowest BCUT2D eigenvalue weighted by molar-refractivity contribution is 0.104. The van der Waals surface area contributed by atoms with Crippen LogP contribution in [0.3, 0.4) is 0 Å². The quantitative estimate of drug-likeness (QED) is 0.581. The molecule has 150 valence electrons. The first-order valence-electron chi connectivity index (χ1n) is 9.17. The number of hydrogen-bond donors (Lipinski definition) is 0. The highest BCUT2D eigenvalue weighted by molar-refractivity contribution is 7.90. The monoisotopic (exact) mass is 428 g/mol. The van der Waals surface area contributed by atoms with Crippen molar-refractivity contribution in [3.05, 3.63) is 65.0 Å². The van der Waals surface area contributed by atoms with Gasteiger partial charge >= 0.3 is 0 Å². The second kappa shape index (κ2) is 8.06. The van der Waals surface area contributed by atoms with Crippen LogP contribution in [0.15, 0.2) is 59.5 Å². The molecule has 1 aliphatic heterocycles. The molecule has 0 atom stereocenters. The lowest BCUT2D eigenvalue weighted by Crippen LogP contribution is -2.36. The zero-order valence-corrected chi connectivity index (χ0v) is 17.5. The number of aromatic nitrogens is 1. The highest BCUT2D eigenvalue weighted by Crippen LogP contribution is 2.35. The van der Waals surface area contributed by atoms with Crippen LogP contribution in [0, 0.1) is 0 Å². The van der Waals surface area contributed by atoms with Gasteiger partial charge in [0.25, 0.3) is 0 Å². The molecule has 3 aromatic rings. The van der Waals surface area contributed by atoms with Crippen molar-refractivity contribution >= 4 is 32.1 Å². The Labute approximate surface area is 173 Å². The van der Waals surface area contributed by atoms with Gasteiger partial charge in [0.05, 0.1) is 23.8 Å². The minimum atomic E-state index is -3.31. The third-order valence-corrected chi connectivity index (χ3v) is 6.94. The molecule has 0 saturated carbocycles. The number of rotatable bonds is 5. The fourth-order valence-electron chi connectivity index (χ4n) is 3.13. The number of thiazole rings is 1. The van der Waals surface area contributed by atoms with E-state index in [1.165, 1.54) is 23.5 Å². The van der Waals surface area contributed by atoms with E-state index >= 15 is 0 Å². The smallest absolute Gasteiger partial charge is 0.205 e. The highest BCUT2D eigenvalue weighted by Gasteiger charge is 2.24. The van der Waals surface area contributed by atoms with Gasteiger partial charge in [0, 0.05) is 30.5 Å². The van der Waals surface area contributed by atoms with E-state index in [0.29, 0.717) is 29.3 Å². The summed E-state index contributed by atoms with van der Waals surface area (Å²) in [5.41, 5.74) is 1.96. The van der Waals surface area contributed by atoms with E-state index in [4.69, 9.17) is 9.72 Å². The molecule has 0 N–H and O–H groups in total. The maximum Gasteiger partial charge on any atom is 0.205 e. The van der Waals surface area contributed by atoms with Gasteiger partial charge in [-0.2, -0.15) is 0 Å². The number of morpholine rings is 1. The predicted molar refractivity (Wildman–Crippen MR) is 114 cm³/mol. The molecule has 4 rings (SSSR count). The van der Waals surface area contributed by atoms with E-state index in [1.54, 1.807) is 12.1 Å². The predicted octanol–water partition coefficient (Wildman–Crippen LogP) is 3.28. The number of carbonyl (C=O) groups excluding carboxylic acids is 1. The van der Waals surface area contributed by atoms with Gasteiger partial charge in [0.2, 0.25) is 5.78 Å². The molecule has 0 radical (unpaired) electrons. The normalized spacial score (nSPS) is 14.7. The molecule has 8 heteroatoms. The SMILES string of the molecule is CS(=O)(=O)c1ccc(C(=O)c2sc(N3CCOCC3)nc2-c2ccccc2)cc1. The van der Waals surface area contributed by atoms with Crippen molar-refractivity contribution in [1.82, 2.24) is 4.98 Å². The molecule has 0 bridgehead atoms. The van der Waals surface area contributed by atoms with Crippen LogP contribution in [0.1, 0.15) is 15.2 Å². The Morgan fingerprint density at radius 2 is 1.69 bits per heavy atom. The number of hydrogen-bond acceptors (Lipinski definition) is 7. The van der Waals surface area contributed by atoms with Gasteiger partial charge in [0.15, 0.2) is 15.0 Å². The van der Waals surface area contributed by atoms with Crippen molar-refractivity contribution in [2.24, 2.45) is 0 Å². The van der Waals surface area contributed by atoms with Gasteiger partial charge in [-0.3, -0.25) is 4.79 Å².